The first-order chi connectivity index (χ1) is 15.9. The molecule has 0 spiro atoms. The number of hydrogen-bond acceptors (Lipinski definition) is 6. The van der Waals surface area contributed by atoms with Crippen molar-refractivity contribution in [1.82, 2.24) is 4.90 Å². The normalized spacial score (nSPS) is 17.4. The Morgan fingerprint density at radius 3 is 2.55 bits per heavy atom. The summed E-state index contributed by atoms with van der Waals surface area (Å²) in [6.45, 7) is 6.18. The van der Waals surface area contributed by atoms with Gasteiger partial charge in [0, 0.05) is 17.8 Å². The van der Waals surface area contributed by atoms with Crippen LogP contribution in [0.5, 0.6) is 5.75 Å². The quantitative estimate of drug-likeness (QED) is 0.370. The molecule has 168 valence electrons. The lowest BCUT2D eigenvalue weighted by atomic mass is 10.1. The second-order valence-electron chi connectivity index (χ2n) is 7.19. The molecule has 0 unspecified atom stereocenters. The van der Waals surface area contributed by atoms with E-state index in [1.165, 1.54) is 9.80 Å². The number of carbonyl (C=O) groups is 3. The summed E-state index contributed by atoms with van der Waals surface area (Å²) < 4.78 is 5.78. The van der Waals surface area contributed by atoms with E-state index in [0.717, 1.165) is 11.8 Å². The molecular weight excluding hydrogens is 458 g/mol. The van der Waals surface area contributed by atoms with Gasteiger partial charge in [0.2, 0.25) is 5.91 Å². The van der Waals surface area contributed by atoms with Crippen molar-refractivity contribution in [2.75, 3.05) is 29.9 Å². The van der Waals surface area contributed by atoms with Crippen LogP contribution in [0, 0.1) is 0 Å². The van der Waals surface area contributed by atoms with Gasteiger partial charge in [-0.25, -0.2) is 0 Å². The summed E-state index contributed by atoms with van der Waals surface area (Å²) >= 11 is 6.41. The minimum atomic E-state index is -0.405. The van der Waals surface area contributed by atoms with Crippen molar-refractivity contribution in [1.29, 1.82) is 0 Å². The van der Waals surface area contributed by atoms with Gasteiger partial charge in [0.1, 0.15) is 16.6 Å². The maximum Gasteiger partial charge on any atom is 0.267 e. The fraction of sp³-hybridized carbons (Fsp3) is 0.167. The van der Waals surface area contributed by atoms with E-state index in [-0.39, 0.29) is 35.4 Å². The van der Waals surface area contributed by atoms with Crippen LogP contribution in [0.25, 0.3) is 5.57 Å². The van der Waals surface area contributed by atoms with E-state index in [9.17, 15) is 14.4 Å². The Balaban J connectivity index is 1.59. The third-order valence-electron chi connectivity index (χ3n) is 5.06. The average molecular weight is 480 g/mol. The van der Waals surface area contributed by atoms with Crippen molar-refractivity contribution in [3.8, 4) is 5.75 Å². The molecule has 1 saturated heterocycles. The first-order valence-electron chi connectivity index (χ1n) is 10.3. The van der Waals surface area contributed by atoms with Crippen molar-refractivity contribution in [2.45, 2.75) is 6.92 Å². The highest BCUT2D eigenvalue weighted by molar-refractivity contribution is 8.26. The number of hydrogen-bond donors (Lipinski definition) is 1. The maximum absolute atomic E-state index is 13.4. The number of amides is 3. The minimum absolute atomic E-state index is 0.195. The molecule has 2 aliphatic heterocycles. The number of para-hydroxylation sites is 1. The lowest BCUT2D eigenvalue weighted by Crippen LogP contribution is -2.35. The van der Waals surface area contributed by atoms with Crippen molar-refractivity contribution in [3.63, 3.8) is 0 Å². The molecule has 3 amide bonds. The van der Waals surface area contributed by atoms with Crippen LogP contribution in [-0.4, -0.2) is 46.6 Å². The molecule has 0 radical (unpaired) electrons. The van der Waals surface area contributed by atoms with Gasteiger partial charge in [-0.05, 0) is 37.3 Å². The number of thioether (sulfide) groups is 1. The van der Waals surface area contributed by atoms with Gasteiger partial charge in [-0.15, -0.1) is 6.58 Å². The molecule has 0 saturated carbocycles. The summed E-state index contributed by atoms with van der Waals surface area (Å²) in [6, 6.07) is 14.1. The zero-order valence-electron chi connectivity index (χ0n) is 17.9. The first-order valence-corrected chi connectivity index (χ1v) is 11.5. The third kappa shape index (κ3) is 4.42. The smallest absolute Gasteiger partial charge is 0.267 e. The predicted octanol–water partition coefficient (Wildman–Crippen LogP) is 3.83. The molecule has 9 heteroatoms. The summed E-state index contributed by atoms with van der Waals surface area (Å²) in [5, 5.41) is 2.80. The summed E-state index contributed by atoms with van der Waals surface area (Å²) in [5.74, 6) is -0.388. The highest BCUT2D eigenvalue weighted by Crippen LogP contribution is 2.44. The van der Waals surface area contributed by atoms with E-state index in [0.29, 0.717) is 33.6 Å². The van der Waals surface area contributed by atoms with E-state index in [2.05, 4.69) is 11.9 Å². The fourth-order valence-corrected chi connectivity index (χ4v) is 4.98. The van der Waals surface area contributed by atoms with Crippen LogP contribution in [0.1, 0.15) is 12.5 Å². The molecule has 2 aliphatic rings. The largest absolute Gasteiger partial charge is 0.494 e. The highest BCUT2D eigenvalue weighted by Gasteiger charge is 2.42. The van der Waals surface area contributed by atoms with Gasteiger partial charge in [-0.2, -0.15) is 0 Å². The Hall–Kier alpha value is -3.43. The maximum atomic E-state index is 13.4. The number of thiocarbonyl (C=S) groups is 1. The summed E-state index contributed by atoms with van der Waals surface area (Å²) in [5.41, 5.74) is 2.04. The number of anilines is 2. The van der Waals surface area contributed by atoms with Crippen LogP contribution in [0.3, 0.4) is 0 Å². The van der Waals surface area contributed by atoms with E-state index in [1.54, 1.807) is 54.6 Å². The molecule has 0 aliphatic carbocycles. The van der Waals surface area contributed by atoms with Crippen molar-refractivity contribution < 1.29 is 19.1 Å². The third-order valence-corrected chi connectivity index (χ3v) is 6.51. The summed E-state index contributed by atoms with van der Waals surface area (Å²) in [4.78, 5) is 42.2. The Morgan fingerprint density at radius 1 is 1.12 bits per heavy atom. The van der Waals surface area contributed by atoms with Crippen LogP contribution in [0.4, 0.5) is 11.4 Å². The molecule has 33 heavy (non-hydrogen) atoms. The monoisotopic (exact) mass is 479 g/mol. The Morgan fingerprint density at radius 2 is 1.85 bits per heavy atom. The Labute approximate surface area is 201 Å². The van der Waals surface area contributed by atoms with Gasteiger partial charge < -0.3 is 10.1 Å². The first kappa shape index (κ1) is 22.8. The molecule has 4 rings (SSSR count). The van der Waals surface area contributed by atoms with Crippen molar-refractivity contribution in [3.05, 3.63) is 71.7 Å². The molecule has 7 nitrogen and oxygen atoms in total. The molecule has 2 heterocycles. The minimum Gasteiger partial charge on any atom is -0.494 e. The SMILES string of the molecule is C=CCN1C(=O)/C(=C2/C(=O)N(CC(=O)Nc3ccc(OCC)cc3)c3ccccc32)SC1=S. The standard InChI is InChI=1S/C24H21N3O4S2/c1-3-13-26-23(30)21(33-24(26)32)20-17-7-5-6-8-18(17)27(22(20)29)14-19(28)25-15-9-11-16(12-10-15)31-4-2/h3,5-12H,1,4,13-14H2,2H3,(H,25,28)/b21-20-. The molecule has 0 atom stereocenters. The zero-order chi connectivity index (χ0) is 23.5. The Bertz CT molecular complexity index is 1190. The topological polar surface area (TPSA) is 79.0 Å². The number of fused-ring (bicyclic) bond motifs is 1. The summed E-state index contributed by atoms with van der Waals surface area (Å²) in [7, 11) is 0. The summed E-state index contributed by atoms with van der Waals surface area (Å²) in [6.07, 6.45) is 1.58. The number of benzene rings is 2. The number of rotatable bonds is 7. The van der Waals surface area contributed by atoms with E-state index in [1.807, 2.05) is 6.92 Å². The molecule has 0 bridgehead atoms. The van der Waals surface area contributed by atoms with Crippen molar-refractivity contribution in [2.24, 2.45) is 0 Å². The number of ether oxygens (including phenoxy) is 1. The number of nitrogens with zero attached hydrogens (tertiary/aromatic N) is 2. The van der Waals surface area contributed by atoms with Gasteiger partial charge >= 0.3 is 0 Å². The second kappa shape index (κ2) is 9.60. The molecule has 2 aromatic carbocycles. The fourth-order valence-electron chi connectivity index (χ4n) is 3.64. The second-order valence-corrected chi connectivity index (χ2v) is 8.83. The number of carbonyl (C=O) groups excluding carboxylic acids is 3. The van der Waals surface area contributed by atoms with Crippen molar-refractivity contribution >= 4 is 63.0 Å². The highest BCUT2D eigenvalue weighted by atomic mass is 32.2. The molecule has 1 fully saturated rings. The number of nitrogens with one attached hydrogen (secondary N) is 1. The van der Waals surface area contributed by atoms with Gasteiger partial charge in [0.15, 0.2) is 0 Å². The molecule has 2 aromatic rings. The predicted molar refractivity (Wildman–Crippen MR) is 134 cm³/mol. The molecule has 1 N–H and O–H groups in total. The lowest BCUT2D eigenvalue weighted by Gasteiger charge is -2.17. The van der Waals surface area contributed by atoms with Crippen LogP contribution >= 0.6 is 24.0 Å². The molecular formula is C24H21N3O4S2. The van der Waals surface area contributed by atoms with Gasteiger partial charge in [-0.3, -0.25) is 24.2 Å². The van der Waals surface area contributed by atoms with Crippen LogP contribution < -0.4 is 15.0 Å². The van der Waals surface area contributed by atoms with E-state index >= 15 is 0 Å². The van der Waals surface area contributed by atoms with Gasteiger partial charge in [0.25, 0.3) is 11.8 Å². The van der Waals surface area contributed by atoms with Gasteiger partial charge in [-0.1, -0.05) is 48.3 Å². The lowest BCUT2D eigenvalue weighted by molar-refractivity contribution is -0.122. The van der Waals surface area contributed by atoms with Crippen LogP contribution in [0.2, 0.25) is 0 Å². The van der Waals surface area contributed by atoms with Crippen LogP contribution in [0.15, 0.2) is 66.1 Å². The average Bonchev–Trinajstić information content (AvgIpc) is 3.23. The van der Waals surface area contributed by atoms with E-state index < -0.39 is 5.91 Å². The molecule has 0 aromatic heterocycles. The Kier molecular flexibility index (Phi) is 6.62. The van der Waals surface area contributed by atoms with E-state index in [4.69, 9.17) is 17.0 Å². The van der Waals surface area contributed by atoms with Gasteiger partial charge in [0.05, 0.1) is 22.8 Å². The zero-order valence-corrected chi connectivity index (χ0v) is 19.5. The van der Waals surface area contributed by atoms with Crippen LogP contribution in [-0.2, 0) is 14.4 Å².